The fourth-order valence-corrected chi connectivity index (χ4v) is 2.67. The lowest BCUT2D eigenvalue weighted by Gasteiger charge is -2.29. The van der Waals surface area contributed by atoms with Gasteiger partial charge in [-0.05, 0) is 47.2 Å². The predicted molar refractivity (Wildman–Crippen MR) is 82.8 cm³/mol. The third-order valence-corrected chi connectivity index (χ3v) is 4.46. The smallest absolute Gasteiger partial charge is 0.255 e. The SMILES string of the molecule is CCC(CCl)(CCl)NC(=O)c1cc(I)ccc1O. The minimum Gasteiger partial charge on any atom is -0.507 e. The van der Waals surface area contributed by atoms with Crippen LogP contribution in [0.4, 0.5) is 0 Å². The Balaban J connectivity index is 2.97. The number of alkyl halides is 2. The second-order valence-electron chi connectivity index (χ2n) is 4.02. The van der Waals surface area contributed by atoms with Crippen LogP contribution in [0.5, 0.6) is 5.75 Å². The Bertz CT molecular complexity index is 428. The van der Waals surface area contributed by atoms with Crippen LogP contribution in [0.25, 0.3) is 0 Å². The number of phenolic OH excluding ortho intramolecular Hbond substituents is 1. The van der Waals surface area contributed by atoms with E-state index in [1.165, 1.54) is 6.07 Å². The molecule has 0 unspecified atom stereocenters. The van der Waals surface area contributed by atoms with Gasteiger partial charge in [0.25, 0.3) is 5.91 Å². The zero-order chi connectivity index (χ0) is 13.8. The maximum Gasteiger partial charge on any atom is 0.255 e. The molecule has 0 fully saturated rings. The molecule has 0 radical (unpaired) electrons. The summed E-state index contributed by atoms with van der Waals surface area (Å²) in [6, 6.07) is 4.84. The number of carbonyl (C=O) groups excluding carboxylic acids is 1. The number of hydrogen-bond donors (Lipinski definition) is 2. The summed E-state index contributed by atoms with van der Waals surface area (Å²) in [6.07, 6.45) is 0.621. The van der Waals surface area contributed by atoms with Gasteiger partial charge in [-0.25, -0.2) is 0 Å². The molecule has 1 amide bonds. The van der Waals surface area contributed by atoms with Crippen LogP contribution < -0.4 is 5.32 Å². The standard InChI is InChI=1S/C12H14Cl2INO2/c1-2-12(6-13,7-14)16-11(18)9-5-8(15)3-4-10(9)17/h3-5,17H,2,6-7H2,1H3,(H,16,18). The molecule has 100 valence electrons. The molecule has 0 spiro atoms. The molecular weight excluding hydrogens is 388 g/mol. The van der Waals surface area contributed by atoms with Crippen LogP contribution in [0.15, 0.2) is 18.2 Å². The van der Waals surface area contributed by atoms with Crippen LogP contribution in [0.2, 0.25) is 0 Å². The van der Waals surface area contributed by atoms with E-state index in [1.807, 2.05) is 6.92 Å². The summed E-state index contributed by atoms with van der Waals surface area (Å²) >= 11 is 13.8. The van der Waals surface area contributed by atoms with Crippen LogP contribution in [0, 0.1) is 3.57 Å². The van der Waals surface area contributed by atoms with E-state index < -0.39 is 5.54 Å². The molecule has 0 saturated heterocycles. The first-order chi connectivity index (χ1) is 8.48. The molecule has 0 bridgehead atoms. The monoisotopic (exact) mass is 401 g/mol. The average molecular weight is 402 g/mol. The first-order valence-corrected chi connectivity index (χ1v) is 7.55. The topological polar surface area (TPSA) is 49.3 Å². The van der Waals surface area contributed by atoms with Crippen molar-refractivity contribution in [3.05, 3.63) is 27.3 Å². The Hall–Kier alpha value is -0.200. The lowest BCUT2D eigenvalue weighted by atomic mass is 10.0. The van der Waals surface area contributed by atoms with Crippen molar-refractivity contribution in [2.75, 3.05) is 11.8 Å². The molecule has 0 aliphatic heterocycles. The number of carbonyl (C=O) groups is 1. The summed E-state index contributed by atoms with van der Waals surface area (Å²) in [6.45, 7) is 1.90. The fourth-order valence-electron chi connectivity index (χ4n) is 1.38. The van der Waals surface area contributed by atoms with E-state index >= 15 is 0 Å². The molecule has 1 rings (SSSR count). The van der Waals surface area contributed by atoms with Gasteiger partial charge in [-0.15, -0.1) is 23.2 Å². The zero-order valence-electron chi connectivity index (χ0n) is 9.84. The Morgan fingerprint density at radius 1 is 1.44 bits per heavy atom. The van der Waals surface area contributed by atoms with Crippen molar-refractivity contribution in [1.82, 2.24) is 5.32 Å². The maximum atomic E-state index is 12.1. The second kappa shape index (κ2) is 6.82. The Morgan fingerprint density at radius 3 is 2.56 bits per heavy atom. The van der Waals surface area contributed by atoms with E-state index in [4.69, 9.17) is 23.2 Å². The molecule has 18 heavy (non-hydrogen) atoms. The molecule has 6 heteroatoms. The second-order valence-corrected chi connectivity index (χ2v) is 5.80. The third kappa shape index (κ3) is 3.65. The Kier molecular flexibility index (Phi) is 6.01. The number of halogens is 3. The summed E-state index contributed by atoms with van der Waals surface area (Å²) in [5.74, 6) is 0.0311. The van der Waals surface area contributed by atoms with Crippen LogP contribution in [0.1, 0.15) is 23.7 Å². The van der Waals surface area contributed by atoms with Crippen molar-refractivity contribution < 1.29 is 9.90 Å². The van der Waals surface area contributed by atoms with Gasteiger partial charge in [-0.2, -0.15) is 0 Å². The number of phenols is 1. The van der Waals surface area contributed by atoms with Gasteiger partial charge in [0.15, 0.2) is 0 Å². The molecule has 0 aliphatic carbocycles. The molecule has 0 saturated carbocycles. The van der Waals surface area contributed by atoms with Gasteiger partial charge >= 0.3 is 0 Å². The number of rotatable bonds is 5. The first kappa shape index (κ1) is 15.9. The molecule has 0 aliphatic rings. The van der Waals surface area contributed by atoms with Gasteiger partial charge in [0.1, 0.15) is 5.75 Å². The summed E-state index contributed by atoms with van der Waals surface area (Å²) in [5.41, 5.74) is -0.413. The van der Waals surface area contributed by atoms with E-state index in [0.717, 1.165) is 3.57 Å². The summed E-state index contributed by atoms with van der Waals surface area (Å²) in [7, 11) is 0. The average Bonchev–Trinajstić information content (AvgIpc) is 2.38. The van der Waals surface area contributed by atoms with Crippen molar-refractivity contribution >= 4 is 51.7 Å². The molecule has 2 N–H and O–H groups in total. The quantitative estimate of drug-likeness (QED) is 0.587. The van der Waals surface area contributed by atoms with Gasteiger partial charge in [0, 0.05) is 15.3 Å². The van der Waals surface area contributed by atoms with E-state index in [-0.39, 0.29) is 29.0 Å². The molecule has 0 heterocycles. The largest absolute Gasteiger partial charge is 0.507 e. The maximum absolute atomic E-state index is 12.1. The third-order valence-electron chi connectivity index (χ3n) is 2.77. The summed E-state index contributed by atoms with van der Waals surface area (Å²) in [5, 5.41) is 12.5. The molecule has 0 atom stereocenters. The minimum atomic E-state index is -0.645. The van der Waals surface area contributed by atoms with Gasteiger partial charge in [-0.3, -0.25) is 4.79 Å². The number of nitrogens with one attached hydrogen (secondary N) is 1. The van der Waals surface area contributed by atoms with E-state index in [2.05, 4.69) is 27.9 Å². The molecule has 3 nitrogen and oxygen atoms in total. The highest BCUT2D eigenvalue weighted by atomic mass is 127. The normalized spacial score (nSPS) is 11.3. The fraction of sp³-hybridized carbons (Fsp3) is 0.417. The van der Waals surface area contributed by atoms with E-state index in [0.29, 0.717) is 6.42 Å². The molecule has 1 aromatic rings. The van der Waals surface area contributed by atoms with Gasteiger partial charge in [-0.1, -0.05) is 6.92 Å². The lowest BCUT2D eigenvalue weighted by molar-refractivity contribution is 0.0911. The molecule has 0 aromatic heterocycles. The Labute approximate surface area is 130 Å². The first-order valence-electron chi connectivity index (χ1n) is 5.41. The highest BCUT2D eigenvalue weighted by Gasteiger charge is 2.29. The van der Waals surface area contributed by atoms with Crippen molar-refractivity contribution in [3.8, 4) is 5.75 Å². The van der Waals surface area contributed by atoms with Crippen molar-refractivity contribution in [2.45, 2.75) is 18.9 Å². The van der Waals surface area contributed by atoms with Crippen LogP contribution in [-0.2, 0) is 0 Å². The highest BCUT2D eigenvalue weighted by Crippen LogP contribution is 2.22. The van der Waals surface area contributed by atoms with Crippen LogP contribution >= 0.6 is 45.8 Å². The van der Waals surface area contributed by atoms with Gasteiger partial charge in [0.2, 0.25) is 0 Å². The minimum absolute atomic E-state index is 0.0536. The predicted octanol–water partition coefficient (Wildman–Crippen LogP) is 3.35. The van der Waals surface area contributed by atoms with E-state index in [9.17, 15) is 9.90 Å². The molecular formula is C12H14Cl2INO2. The Morgan fingerprint density at radius 2 is 2.06 bits per heavy atom. The van der Waals surface area contributed by atoms with Gasteiger partial charge < -0.3 is 10.4 Å². The summed E-state index contributed by atoms with van der Waals surface area (Å²) in [4.78, 5) is 12.1. The summed E-state index contributed by atoms with van der Waals surface area (Å²) < 4.78 is 0.870. The number of hydrogen-bond acceptors (Lipinski definition) is 2. The molecule has 1 aromatic carbocycles. The van der Waals surface area contributed by atoms with Crippen molar-refractivity contribution in [2.24, 2.45) is 0 Å². The van der Waals surface area contributed by atoms with E-state index in [1.54, 1.807) is 12.1 Å². The number of amides is 1. The van der Waals surface area contributed by atoms with Crippen molar-refractivity contribution in [3.63, 3.8) is 0 Å². The van der Waals surface area contributed by atoms with Crippen LogP contribution in [0.3, 0.4) is 0 Å². The van der Waals surface area contributed by atoms with Gasteiger partial charge in [0.05, 0.1) is 11.1 Å². The van der Waals surface area contributed by atoms with Crippen LogP contribution in [-0.4, -0.2) is 28.3 Å². The highest BCUT2D eigenvalue weighted by molar-refractivity contribution is 14.1. The number of benzene rings is 1. The zero-order valence-corrected chi connectivity index (χ0v) is 13.5. The van der Waals surface area contributed by atoms with Crippen molar-refractivity contribution in [1.29, 1.82) is 0 Å². The number of aromatic hydroxyl groups is 1. The lowest BCUT2D eigenvalue weighted by Crippen LogP contribution is -2.51.